The summed E-state index contributed by atoms with van der Waals surface area (Å²) in [7, 11) is 0. The fourth-order valence-corrected chi connectivity index (χ4v) is 1.19. The first-order chi connectivity index (χ1) is 7.25. The summed E-state index contributed by atoms with van der Waals surface area (Å²) in [4.78, 5) is 10.5. The molecule has 0 aliphatic rings. The lowest BCUT2D eigenvalue weighted by molar-refractivity contribution is 0.0652. The summed E-state index contributed by atoms with van der Waals surface area (Å²) in [5.41, 5.74) is 0.614. The second-order valence-corrected chi connectivity index (χ2v) is 3.01. The third kappa shape index (κ3) is 2.22. The molecule has 78 valence electrons. The van der Waals surface area contributed by atoms with E-state index in [0.29, 0.717) is 18.7 Å². The van der Waals surface area contributed by atoms with Crippen molar-refractivity contribution >= 4 is 5.97 Å². The molecule has 1 N–H and O–H groups in total. The van der Waals surface area contributed by atoms with Gasteiger partial charge in [-0.15, -0.1) is 0 Å². The van der Waals surface area contributed by atoms with Gasteiger partial charge in [0.15, 0.2) is 0 Å². The molecule has 0 aliphatic heterocycles. The molecule has 6 heteroatoms. The SMILES string of the molecule is O=C(O)c1cc(CCn2cccn2)no1. The molecular formula is C9H9N3O3. The Bertz CT molecular complexity index is 447. The summed E-state index contributed by atoms with van der Waals surface area (Å²) in [6, 6.07) is 3.25. The zero-order chi connectivity index (χ0) is 10.7. The number of rotatable bonds is 4. The first kappa shape index (κ1) is 9.45. The summed E-state index contributed by atoms with van der Waals surface area (Å²) in [5, 5.41) is 16.3. The van der Waals surface area contributed by atoms with E-state index in [-0.39, 0.29) is 5.76 Å². The first-order valence-corrected chi connectivity index (χ1v) is 4.42. The predicted molar refractivity (Wildman–Crippen MR) is 49.4 cm³/mol. The number of aromatic carboxylic acids is 1. The lowest BCUT2D eigenvalue weighted by atomic mass is 10.3. The Morgan fingerprint density at radius 3 is 3.07 bits per heavy atom. The van der Waals surface area contributed by atoms with Crippen LogP contribution >= 0.6 is 0 Å². The van der Waals surface area contributed by atoms with Crippen LogP contribution in [-0.4, -0.2) is 26.0 Å². The molecule has 0 saturated heterocycles. The summed E-state index contributed by atoms with van der Waals surface area (Å²) in [6.07, 6.45) is 4.11. The molecular weight excluding hydrogens is 198 g/mol. The van der Waals surface area contributed by atoms with Crippen LogP contribution in [0.25, 0.3) is 0 Å². The van der Waals surface area contributed by atoms with Crippen molar-refractivity contribution in [1.82, 2.24) is 14.9 Å². The average Bonchev–Trinajstić information content (AvgIpc) is 2.86. The highest BCUT2D eigenvalue weighted by Crippen LogP contribution is 2.04. The van der Waals surface area contributed by atoms with Gasteiger partial charge in [0, 0.05) is 31.4 Å². The number of carboxylic acid groups (broad SMARTS) is 1. The predicted octanol–water partition coefficient (Wildman–Crippen LogP) is 0.812. The van der Waals surface area contributed by atoms with E-state index in [4.69, 9.17) is 5.11 Å². The zero-order valence-corrected chi connectivity index (χ0v) is 7.83. The Balaban J connectivity index is 1.96. The van der Waals surface area contributed by atoms with Crippen LogP contribution in [0.1, 0.15) is 16.2 Å². The van der Waals surface area contributed by atoms with Crippen LogP contribution in [0.4, 0.5) is 0 Å². The maximum Gasteiger partial charge on any atom is 0.374 e. The third-order valence-corrected chi connectivity index (χ3v) is 1.93. The number of aromatic nitrogens is 3. The average molecular weight is 207 g/mol. The number of carbonyl (C=O) groups is 1. The fraction of sp³-hybridized carbons (Fsp3) is 0.222. The van der Waals surface area contributed by atoms with Crippen molar-refractivity contribution in [2.24, 2.45) is 0 Å². The Labute approximate surface area is 85.1 Å². The van der Waals surface area contributed by atoms with Gasteiger partial charge in [0.05, 0.1) is 5.69 Å². The second kappa shape index (κ2) is 3.95. The maximum absolute atomic E-state index is 10.5. The molecule has 0 amide bonds. The molecule has 15 heavy (non-hydrogen) atoms. The largest absolute Gasteiger partial charge is 0.475 e. The van der Waals surface area contributed by atoms with Crippen molar-refractivity contribution in [2.45, 2.75) is 13.0 Å². The van der Waals surface area contributed by atoms with E-state index in [9.17, 15) is 4.79 Å². The molecule has 2 aromatic heterocycles. The van der Waals surface area contributed by atoms with Crippen molar-refractivity contribution in [3.05, 3.63) is 36.0 Å². The smallest absolute Gasteiger partial charge is 0.374 e. The van der Waals surface area contributed by atoms with Crippen LogP contribution < -0.4 is 0 Å². The van der Waals surface area contributed by atoms with E-state index in [1.807, 2.05) is 12.3 Å². The van der Waals surface area contributed by atoms with Crippen molar-refractivity contribution in [2.75, 3.05) is 0 Å². The highest BCUT2D eigenvalue weighted by atomic mass is 16.5. The number of hydrogen-bond donors (Lipinski definition) is 1. The summed E-state index contributed by atoms with van der Waals surface area (Å²) < 4.78 is 6.36. The van der Waals surface area contributed by atoms with Gasteiger partial charge < -0.3 is 9.63 Å². The summed E-state index contributed by atoms with van der Waals surface area (Å²) in [5.74, 6) is -1.24. The standard InChI is InChI=1S/C9H9N3O3/c13-9(14)8-6-7(11-15-8)2-5-12-4-1-3-10-12/h1,3-4,6H,2,5H2,(H,13,14). The van der Waals surface area contributed by atoms with Crippen molar-refractivity contribution in [3.63, 3.8) is 0 Å². The molecule has 0 fully saturated rings. The van der Waals surface area contributed by atoms with Crippen LogP contribution in [0.3, 0.4) is 0 Å². The van der Waals surface area contributed by atoms with E-state index < -0.39 is 5.97 Å². The molecule has 0 atom stereocenters. The van der Waals surface area contributed by atoms with Gasteiger partial charge in [-0.1, -0.05) is 5.16 Å². The van der Waals surface area contributed by atoms with E-state index in [2.05, 4.69) is 14.8 Å². The normalized spacial score (nSPS) is 10.4. The first-order valence-electron chi connectivity index (χ1n) is 4.42. The number of nitrogens with zero attached hydrogens (tertiary/aromatic N) is 3. The molecule has 0 unspecified atom stereocenters. The monoisotopic (exact) mass is 207 g/mol. The van der Waals surface area contributed by atoms with Crippen molar-refractivity contribution in [1.29, 1.82) is 0 Å². The number of hydrogen-bond acceptors (Lipinski definition) is 4. The van der Waals surface area contributed by atoms with Crippen molar-refractivity contribution in [3.8, 4) is 0 Å². The minimum Gasteiger partial charge on any atom is -0.475 e. The van der Waals surface area contributed by atoms with E-state index >= 15 is 0 Å². The van der Waals surface area contributed by atoms with Gasteiger partial charge in [0.25, 0.3) is 0 Å². The van der Waals surface area contributed by atoms with Crippen molar-refractivity contribution < 1.29 is 14.4 Å². The molecule has 0 radical (unpaired) electrons. The van der Waals surface area contributed by atoms with Gasteiger partial charge in [-0.25, -0.2) is 4.79 Å². The van der Waals surface area contributed by atoms with Gasteiger partial charge in [-0.2, -0.15) is 5.10 Å². The highest BCUT2D eigenvalue weighted by molar-refractivity contribution is 5.84. The quantitative estimate of drug-likeness (QED) is 0.802. The summed E-state index contributed by atoms with van der Waals surface area (Å²) >= 11 is 0. The van der Waals surface area contributed by atoms with E-state index in [1.165, 1.54) is 6.07 Å². The van der Waals surface area contributed by atoms with Crippen LogP contribution in [0.15, 0.2) is 29.0 Å². The molecule has 6 nitrogen and oxygen atoms in total. The highest BCUT2D eigenvalue weighted by Gasteiger charge is 2.10. The lowest BCUT2D eigenvalue weighted by Crippen LogP contribution is -2.01. The van der Waals surface area contributed by atoms with Gasteiger partial charge in [0.2, 0.25) is 5.76 Å². The second-order valence-electron chi connectivity index (χ2n) is 3.01. The van der Waals surface area contributed by atoms with Crippen LogP contribution in [-0.2, 0) is 13.0 Å². The zero-order valence-electron chi connectivity index (χ0n) is 7.83. The van der Waals surface area contributed by atoms with E-state index in [1.54, 1.807) is 10.9 Å². The fourth-order valence-electron chi connectivity index (χ4n) is 1.19. The van der Waals surface area contributed by atoms with Gasteiger partial charge >= 0.3 is 5.97 Å². The summed E-state index contributed by atoms with van der Waals surface area (Å²) in [6.45, 7) is 0.651. The Hall–Kier alpha value is -2.11. The lowest BCUT2D eigenvalue weighted by Gasteiger charge is -1.96. The van der Waals surface area contributed by atoms with Gasteiger partial charge in [-0.05, 0) is 6.07 Å². The maximum atomic E-state index is 10.5. The molecule has 2 aromatic rings. The molecule has 2 heterocycles. The van der Waals surface area contributed by atoms with E-state index in [0.717, 1.165) is 0 Å². The molecule has 0 saturated carbocycles. The van der Waals surface area contributed by atoms with Gasteiger partial charge in [-0.3, -0.25) is 4.68 Å². The van der Waals surface area contributed by atoms with Crippen LogP contribution in [0.2, 0.25) is 0 Å². The number of aryl methyl sites for hydroxylation is 2. The minimum absolute atomic E-state index is 0.134. The Morgan fingerprint density at radius 1 is 1.60 bits per heavy atom. The van der Waals surface area contributed by atoms with Crippen LogP contribution in [0, 0.1) is 0 Å². The molecule has 0 bridgehead atoms. The Morgan fingerprint density at radius 2 is 2.47 bits per heavy atom. The molecule has 0 aliphatic carbocycles. The molecule has 0 spiro atoms. The Kier molecular flexibility index (Phi) is 2.49. The topological polar surface area (TPSA) is 81.1 Å². The molecule has 0 aromatic carbocycles. The molecule has 2 rings (SSSR count). The van der Waals surface area contributed by atoms with Gasteiger partial charge in [0.1, 0.15) is 0 Å². The third-order valence-electron chi connectivity index (χ3n) is 1.93. The minimum atomic E-state index is -1.10. The van der Waals surface area contributed by atoms with Crippen LogP contribution in [0.5, 0.6) is 0 Å². The number of carboxylic acids is 1.